The summed E-state index contributed by atoms with van der Waals surface area (Å²) >= 11 is 1.24. The summed E-state index contributed by atoms with van der Waals surface area (Å²) in [6.07, 6.45) is 1.67. The summed E-state index contributed by atoms with van der Waals surface area (Å²) in [6.45, 7) is 2.02. The van der Waals surface area contributed by atoms with Gasteiger partial charge < -0.3 is 9.84 Å². The standard InChI is InChI=1S/C17H17N5O4S/c1-3-6-13-19-20-17(27-13)18-16(25)15-11(23)9-14(24)22(21-15)10-7-4-5-8-12(10)26-2/h4-5,7-9,23H,3,6H2,1-2H3,(H,18,20,25). The van der Waals surface area contributed by atoms with Crippen LogP contribution in [0.5, 0.6) is 11.5 Å². The van der Waals surface area contributed by atoms with E-state index in [-0.39, 0.29) is 5.69 Å². The van der Waals surface area contributed by atoms with Crippen molar-refractivity contribution in [2.24, 2.45) is 0 Å². The zero-order chi connectivity index (χ0) is 19.4. The van der Waals surface area contributed by atoms with Gasteiger partial charge in [0, 0.05) is 12.5 Å². The molecule has 2 aromatic heterocycles. The SMILES string of the molecule is CCCc1nnc(NC(=O)c2nn(-c3ccccc3OC)c(=O)cc2O)s1. The van der Waals surface area contributed by atoms with E-state index in [1.54, 1.807) is 24.3 Å². The molecule has 0 saturated heterocycles. The molecule has 0 spiro atoms. The first-order valence-electron chi connectivity index (χ1n) is 8.14. The molecule has 1 aromatic carbocycles. The highest BCUT2D eigenvalue weighted by Gasteiger charge is 2.19. The highest BCUT2D eigenvalue weighted by molar-refractivity contribution is 7.15. The Labute approximate surface area is 158 Å². The monoisotopic (exact) mass is 387 g/mol. The summed E-state index contributed by atoms with van der Waals surface area (Å²) in [5, 5.41) is 25.5. The number of carbonyl (C=O) groups is 1. The molecule has 2 N–H and O–H groups in total. The van der Waals surface area contributed by atoms with Crippen molar-refractivity contribution in [2.75, 3.05) is 12.4 Å². The normalized spacial score (nSPS) is 10.6. The molecular formula is C17H17N5O4S. The van der Waals surface area contributed by atoms with E-state index in [1.807, 2.05) is 6.92 Å². The Bertz CT molecular complexity index is 1030. The molecule has 0 atom stereocenters. The summed E-state index contributed by atoms with van der Waals surface area (Å²) < 4.78 is 6.22. The highest BCUT2D eigenvalue weighted by Crippen LogP contribution is 2.22. The molecular weight excluding hydrogens is 370 g/mol. The zero-order valence-corrected chi connectivity index (χ0v) is 15.5. The van der Waals surface area contributed by atoms with Gasteiger partial charge in [0.2, 0.25) is 5.13 Å². The summed E-state index contributed by atoms with van der Waals surface area (Å²) in [6, 6.07) is 7.65. The number of rotatable bonds is 6. The first-order chi connectivity index (χ1) is 13.0. The van der Waals surface area contributed by atoms with Crippen molar-refractivity contribution in [3.63, 3.8) is 0 Å². The predicted octanol–water partition coefficient (Wildman–Crippen LogP) is 2.00. The number of methoxy groups -OCH3 is 1. The van der Waals surface area contributed by atoms with Gasteiger partial charge in [-0.05, 0) is 18.6 Å². The van der Waals surface area contributed by atoms with Gasteiger partial charge in [0.1, 0.15) is 16.4 Å². The molecule has 0 saturated carbocycles. The number of hydrogen-bond acceptors (Lipinski definition) is 8. The summed E-state index contributed by atoms with van der Waals surface area (Å²) in [5.41, 5.74) is -0.567. The van der Waals surface area contributed by atoms with Gasteiger partial charge in [0.25, 0.3) is 11.5 Å². The minimum absolute atomic E-state index is 0.291. The second kappa shape index (κ2) is 7.96. The molecule has 0 aliphatic rings. The van der Waals surface area contributed by atoms with E-state index < -0.39 is 17.2 Å². The molecule has 0 aliphatic carbocycles. The Balaban J connectivity index is 1.95. The van der Waals surface area contributed by atoms with Crippen molar-refractivity contribution in [1.82, 2.24) is 20.0 Å². The first-order valence-corrected chi connectivity index (χ1v) is 8.95. The van der Waals surface area contributed by atoms with Crippen molar-refractivity contribution in [2.45, 2.75) is 19.8 Å². The molecule has 0 aliphatic heterocycles. The van der Waals surface area contributed by atoms with E-state index in [0.717, 1.165) is 28.6 Å². The van der Waals surface area contributed by atoms with E-state index in [4.69, 9.17) is 4.74 Å². The van der Waals surface area contributed by atoms with Gasteiger partial charge in [-0.3, -0.25) is 14.9 Å². The van der Waals surface area contributed by atoms with Crippen LogP contribution in [0.15, 0.2) is 35.1 Å². The van der Waals surface area contributed by atoms with Crippen LogP contribution in [0.4, 0.5) is 5.13 Å². The maximum atomic E-state index is 12.5. The Morgan fingerprint density at radius 2 is 2.11 bits per heavy atom. The lowest BCUT2D eigenvalue weighted by molar-refractivity contribution is 0.101. The second-order valence-electron chi connectivity index (χ2n) is 5.51. The van der Waals surface area contributed by atoms with Gasteiger partial charge in [0.15, 0.2) is 11.4 Å². The van der Waals surface area contributed by atoms with Crippen molar-refractivity contribution in [3.05, 3.63) is 51.4 Å². The topological polar surface area (TPSA) is 119 Å². The minimum atomic E-state index is -0.699. The number of nitrogens with one attached hydrogen (secondary N) is 1. The predicted molar refractivity (Wildman–Crippen MR) is 99.9 cm³/mol. The number of amides is 1. The Morgan fingerprint density at radius 1 is 1.33 bits per heavy atom. The molecule has 0 unspecified atom stereocenters. The van der Waals surface area contributed by atoms with Crippen LogP contribution in [-0.4, -0.2) is 38.1 Å². The molecule has 27 heavy (non-hydrogen) atoms. The Morgan fingerprint density at radius 3 is 2.85 bits per heavy atom. The Kier molecular flexibility index (Phi) is 5.46. The average Bonchev–Trinajstić information content (AvgIpc) is 3.09. The summed E-state index contributed by atoms with van der Waals surface area (Å²) in [7, 11) is 1.46. The van der Waals surface area contributed by atoms with Crippen LogP contribution in [0.2, 0.25) is 0 Å². The van der Waals surface area contributed by atoms with Gasteiger partial charge in [-0.2, -0.15) is 9.78 Å². The number of aryl methyl sites for hydroxylation is 1. The number of benzene rings is 1. The number of carbonyl (C=O) groups excluding carboxylic acids is 1. The molecule has 0 fully saturated rings. The van der Waals surface area contributed by atoms with Gasteiger partial charge >= 0.3 is 0 Å². The van der Waals surface area contributed by atoms with Crippen LogP contribution in [0.25, 0.3) is 5.69 Å². The maximum absolute atomic E-state index is 12.5. The molecule has 1 amide bonds. The minimum Gasteiger partial charge on any atom is -0.505 e. The van der Waals surface area contributed by atoms with E-state index in [1.165, 1.54) is 18.4 Å². The van der Waals surface area contributed by atoms with E-state index >= 15 is 0 Å². The number of hydrogen-bond donors (Lipinski definition) is 2. The third-order valence-electron chi connectivity index (χ3n) is 3.59. The second-order valence-corrected chi connectivity index (χ2v) is 6.57. The fraction of sp³-hybridized carbons (Fsp3) is 0.235. The third kappa shape index (κ3) is 3.95. The van der Waals surface area contributed by atoms with E-state index in [9.17, 15) is 14.7 Å². The average molecular weight is 387 g/mol. The van der Waals surface area contributed by atoms with Crippen LogP contribution >= 0.6 is 11.3 Å². The van der Waals surface area contributed by atoms with Crippen LogP contribution in [0.1, 0.15) is 28.8 Å². The fourth-order valence-corrected chi connectivity index (χ4v) is 3.20. The van der Waals surface area contributed by atoms with Crippen molar-refractivity contribution in [3.8, 4) is 17.2 Å². The van der Waals surface area contributed by atoms with Gasteiger partial charge in [0.05, 0.1) is 7.11 Å². The van der Waals surface area contributed by atoms with E-state index in [0.29, 0.717) is 16.6 Å². The van der Waals surface area contributed by atoms with Crippen LogP contribution in [0, 0.1) is 0 Å². The molecule has 3 aromatic rings. The van der Waals surface area contributed by atoms with Crippen molar-refractivity contribution in [1.29, 1.82) is 0 Å². The lowest BCUT2D eigenvalue weighted by atomic mass is 10.3. The lowest BCUT2D eigenvalue weighted by Gasteiger charge is -2.11. The van der Waals surface area contributed by atoms with Crippen LogP contribution < -0.4 is 15.6 Å². The number of aromatic hydroxyl groups is 1. The van der Waals surface area contributed by atoms with Crippen molar-refractivity contribution < 1.29 is 14.6 Å². The molecule has 140 valence electrons. The summed E-state index contributed by atoms with van der Waals surface area (Å²) in [4.78, 5) is 24.8. The number of nitrogens with zero attached hydrogens (tertiary/aromatic N) is 4. The molecule has 10 heteroatoms. The lowest BCUT2D eigenvalue weighted by Crippen LogP contribution is -2.25. The largest absolute Gasteiger partial charge is 0.505 e. The quantitative estimate of drug-likeness (QED) is 0.664. The van der Waals surface area contributed by atoms with Crippen LogP contribution in [-0.2, 0) is 6.42 Å². The third-order valence-corrected chi connectivity index (χ3v) is 4.49. The maximum Gasteiger partial charge on any atom is 0.281 e. The summed E-state index contributed by atoms with van der Waals surface area (Å²) in [5.74, 6) is -0.824. The van der Waals surface area contributed by atoms with Gasteiger partial charge in [-0.1, -0.05) is 30.4 Å². The highest BCUT2D eigenvalue weighted by atomic mass is 32.1. The van der Waals surface area contributed by atoms with Crippen LogP contribution in [0.3, 0.4) is 0 Å². The van der Waals surface area contributed by atoms with Gasteiger partial charge in [-0.15, -0.1) is 10.2 Å². The first kappa shape index (κ1) is 18.5. The fourth-order valence-electron chi connectivity index (χ4n) is 2.36. The van der Waals surface area contributed by atoms with Crippen molar-refractivity contribution >= 4 is 22.4 Å². The van der Waals surface area contributed by atoms with E-state index in [2.05, 4.69) is 20.6 Å². The number of ether oxygens (including phenoxy) is 1. The molecule has 0 radical (unpaired) electrons. The number of aromatic nitrogens is 4. The molecule has 9 nitrogen and oxygen atoms in total. The Hall–Kier alpha value is -3.27. The number of anilines is 1. The molecule has 0 bridgehead atoms. The van der Waals surface area contributed by atoms with Gasteiger partial charge in [-0.25, -0.2) is 0 Å². The molecule has 3 rings (SSSR count). The number of para-hydroxylation sites is 2. The zero-order valence-electron chi connectivity index (χ0n) is 14.7. The smallest absolute Gasteiger partial charge is 0.281 e. The molecule has 2 heterocycles.